The molecule has 0 bridgehead atoms. The molecule has 27 heavy (non-hydrogen) atoms. The van der Waals surface area contributed by atoms with Crippen LogP contribution in [0.2, 0.25) is 0 Å². The molecule has 2 aromatic carbocycles. The minimum atomic E-state index is -0.0748. The SMILES string of the molecule is CCOc1cccc(C(=O)NC[C@H](c2ccc(OC)cc2)N2CCCC2)c1. The highest BCUT2D eigenvalue weighted by atomic mass is 16.5. The van der Waals surface area contributed by atoms with E-state index in [4.69, 9.17) is 9.47 Å². The van der Waals surface area contributed by atoms with E-state index in [1.807, 2.05) is 37.3 Å². The number of nitrogens with one attached hydrogen (secondary N) is 1. The number of hydrogen-bond acceptors (Lipinski definition) is 4. The van der Waals surface area contributed by atoms with Gasteiger partial charge in [-0.2, -0.15) is 0 Å². The summed E-state index contributed by atoms with van der Waals surface area (Å²) in [6, 6.07) is 15.6. The highest BCUT2D eigenvalue weighted by Gasteiger charge is 2.24. The van der Waals surface area contributed by atoms with E-state index in [-0.39, 0.29) is 11.9 Å². The first kappa shape index (κ1) is 19.2. The fraction of sp³-hybridized carbons (Fsp3) is 0.409. The Labute approximate surface area is 161 Å². The third kappa shape index (κ3) is 5.01. The first-order chi connectivity index (χ1) is 13.2. The van der Waals surface area contributed by atoms with E-state index in [1.54, 1.807) is 13.2 Å². The van der Waals surface area contributed by atoms with Crippen molar-refractivity contribution in [1.82, 2.24) is 10.2 Å². The van der Waals surface area contributed by atoms with Crippen molar-refractivity contribution in [2.45, 2.75) is 25.8 Å². The van der Waals surface area contributed by atoms with Crippen molar-refractivity contribution in [3.05, 3.63) is 59.7 Å². The molecular formula is C22H28N2O3. The van der Waals surface area contributed by atoms with Gasteiger partial charge in [0.1, 0.15) is 11.5 Å². The molecule has 144 valence electrons. The third-order valence-corrected chi connectivity index (χ3v) is 4.95. The number of rotatable bonds is 8. The summed E-state index contributed by atoms with van der Waals surface area (Å²) in [5.41, 5.74) is 1.82. The van der Waals surface area contributed by atoms with Gasteiger partial charge < -0.3 is 14.8 Å². The zero-order valence-electron chi connectivity index (χ0n) is 16.1. The van der Waals surface area contributed by atoms with E-state index < -0.39 is 0 Å². The molecule has 1 N–H and O–H groups in total. The lowest BCUT2D eigenvalue weighted by Crippen LogP contribution is -2.36. The second-order valence-corrected chi connectivity index (χ2v) is 6.70. The number of carbonyl (C=O) groups is 1. The predicted molar refractivity (Wildman–Crippen MR) is 106 cm³/mol. The second kappa shape index (κ2) is 9.42. The van der Waals surface area contributed by atoms with Crippen molar-refractivity contribution in [2.75, 3.05) is 33.4 Å². The quantitative estimate of drug-likeness (QED) is 0.773. The van der Waals surface area contributed by atoms with Gasteiger partial charge in [0.2, 0.25) is 0 Å². The number of amides is 1. The standard InChI is InChI=1S/C22H28N2O3/c1-3-27-20-8-6-7-18(15-20)22(25)23-16-21(24-13-4-5-14-24)17-9-11-19(26-2)12-10-17/h6-12,15,21H,3-5,13-14,16H2,1-2H3,(H,23,25)/t21-/m1/s1. The van der Waals surface area contributed by atoms with Gasteiger partial charge in [-0.05, 0) is 68.8 Å². The average Bonchev–Trinajstić information content (AvgIpc) is 3.23. The molecule has 0 spiro atoms. The molecule has 1 atom stereocenters. The highest BCUT2D eigenvalue weighted by Crippen LogP contribution is 2.26. The second-order valence-electron chi connectivity index (χ2n) is 6.70. The Bertz CT molecular complexity index is 739. The smallest absolute Gasteiger partial charge is 0.251 e. The summed E-state index contributed by atoms with van der Waals surface area (Å²) in [5.74, 6) is 1.49. The van der Waals surface area contributed by atoms with Crippen molar-refractivity contribution < 1.29 is 14.3 Å². The van der Waals surface area contributed by atoms with Crippen molar-refractivity contribution in [3.8, 4) is 11.5 Å². The van der Waals surface area contributed by atoms with Crippen molar-refractivity contribution >= 4 is 5.91 Å². The van der Waals surface area contributed by atoms with Crippen LogP contribution in [0.1, 0.15) is 41.7 Å². The molecule has 1 heterocycles. The summed E-state index contributed by atoms with van der Waals surface area (Å²) in [6.45, 7) is 5.21. The van der Waals surface area contributed by atoms with Crippen LogP contribution in [-0.4, -0.2) is 44.2 Å². The summed E-state index contributed by atoms with van der Waals surface area (Å²) < 4.78 is 10.8. The first-order valence-electron chi connectivity index (χ1n) is 9.60. The van der Waals surface area contributed by atoms with Gasteiger partial charge in [-0.25, -0.2) is 0 Å². The molecule has 0 aliphatic carbocycles. The first-order valence-corrected chi connectivity index (χ1v) is 9.60. The van der Waals surface area contributed by atoms with Gasteiger partial charge in [0.25, 0.3) is 5.91 Å². The van der Waals surface area contributed by atoms with E-state index >= 15 is 0 Å². The summed E-state index contributed by atoms with van der Waals surface area (Å²) >= 11 is 0. The number of methoxy groups -OCH3 is 1. The lowest BCUT2D eigenvalue weighted by Gasteiger charge is -2.28. The maximum atomic E-state index is 12.6. The summed E-state index contributed by atoms with van der Waals surface area (Å²) in [5, 5.41) is 3.10. The molecule has 3 rings (SSSR count). The maximum absolute atomic E-state index is 12.6. The van der Waals surface area contributed by atoms with Gasteiger partial charge in [-0.15, -0.1) is 0 Å². The normalized spacial score (nSPS) is 15.3. The van der Waals surface area contributed by atoms with Crippen LogP contribution >= 0.6 is 0 Å². The molecule has 5 nitrogen and oxygen atoms in total. The summed E-state index contributed by atoms with van der Waals surface area (Å²) in [6.07, 6.45) is 2.41. The van der Waals surface area contributed by atoms with Gasteiger partial charge in [0, 0.05) is 12.1 Å². The maximum Gasteiger partial charge on any atom is 0.251 e. The van der Waals surface area contributed by atoms with E-state index in [0.29, 0.717) is 18.7 Å². The van der Waals surface area contributed by atoms with Gasteiger partial charge >= 0.3 is 0 Å². The minimum absolute atomic E-state index is 0.0748. The monoisotopic (exact) mass is 368 g/mol. The van der Waals surface area contributed by atoms with Gasteiger partial charge in [0.05, 0.1) is 19.8 Å². The molecule has 1 saturated heterocycles. The number of likely N-dealkylation sites (tertiary alicyclic amines) is 1. The fourth-order valence-corrected chi connectivity index (χ4v) is 3.52. The van der Waals surface area contributed by atoms with Crippen molar-refractivity contribution in [3.63, 3.8) is 0 Å². The molecule has 1 aliphatic heterocycles. The van der Waals surface area contributed by atoms with Crippen molar-refractivity contribution in [2.24, 2.45) is 0 Å². The third-order valence-electron chi connectivity index (χ3n) is 4.95. The number of hydrogen-bond donors (Lipinski definition) is 1. The molecular weight excluding hydrogens is 340 g/mol. The van der Waals surface area contributed by atoms with Gasteiger partial charge in [-0.3, -0.25) is 9.69 Å². The number of ether oxygens (including phenoxy) is 2. The number of nitrogens with zero attached hydrogens (tertiary/aromatic N) is 1. The van der Waals surface area contributed by atoms with Crippen molar-refractivity contribution in [1.29, 1.82) is 0 Å². The zero-order valence-corrected chi connectivity index (χ0v) is 16.1. The molecule has 5 heteroatoms. The van der Waals surface area contributed by atoms with Crippen LogP contribution in [0.5, 0.6) is 11.5 Å². The molecule has 1 aliphatic rings. The Balaban J connectivity index is 1.70. The molecule has 1 fully saturated rings. The molecule has 0 radical (unpaired) electrons. The van der Waals surface area contributed by atoms with Gasteiger partial charge in [-0.1, -0.05) is 18.2 Å². The lowest BCUT2D eigenvalue weighted by atomic mass is 10.0. The van der Waals surface area contributed by atoms with E-state index in [1.165, 1.54) is 18.4 Å². The Hall–Kier alpha value is -2.53. The average molecular weight is 368 g/mol. The lowest BCUT2D eigenvalue weighted by molar-refractivity contribution is 0.0937. The van der Waals surface area contributed by atoms with Crippen LogP contribution in [-0.2, 0) is 0 Å². The molecule has 0 aromatic heterocycles. The zero-order chi connectivity index (χ0) is 19.1. The summed E-state index contributed by atoms with van der Waals surface area (Å²) in [7, 11) is 1.67. The van der Waals surface area contributed by atoms with E-state index in [9.17, 15) is 4.79 Å². The Morgan fingerprint density at radius 1 is 1.11 bits per heavy atom. The Morgan fingerprint density at radius 2 is 1.85 bits per heavy atom. The predicted octanol–water partition coefficient (Wildman–Crippen LogP) is 3.66. The Kier molecular flexibility index (Phi) is 6.71. The minimum Gasteiger partial charge on any atom is -0.497 e. The number of carbonyl (C=O) groups excluding carboxylic acids is 1. The summed E-state index contributed by atoms with van der Waals surface area (Å²) in [4.78, 5) is 15.1. The van der Waals surface area contributed by atoms with Crippen LogP contribution in [0.15, 0.2) is 48.5 Å². The molecule has 1 amide bonds. The Morgan fingerprint density at radius 3 is 2.52 bits per heavy atom. The van der Waals surface area contributed by atoms with Crippen LogP contribution in [0.3, 0.4) is 0 Å². The van der Waals surface area contributed by atoms with Crippen LogP contribution < -0.4 is 14.8 Å². The van der Waals surface area contributed by atoms with Gasteiger partial charge in [0.15, 0.2) is 0 Å². The van der Waals surface area contributed by atoms with E-state index in [2.05, 4.69) is 22.3 Å². The molecule has 2 aromatic rings. The molecule has 0 saturated carbocycles. The molecule has 0 unspecified atom stereocenters. The highest BCUT2D eigenvalue weighted by molar-refractivity contribution is 5.94. The van der Waals surface area contributed by atoms with Crippen LogP contribution in [0.4, 0.5) is 0 Å². The topological polar surface area (TPSA) is 50.8 Å². The largest absolute Gasteiger partial charge is 0.497 e. The fourth-order valence-electron chi connectivity index (χ4n) is 3.52. The van der Waals surface area contributed by atoms with E-state index in [0.717, 1.165) is 24.6 Å². The number of benzene rings is 2. The van der Waals surface area contributed by atoms with Crippen LogP contribution in [0, 0.1) is 0 Å². The van der Waals surface area contributed by atoms with Crippen LogP contribution in [0.25, 0.3) is 0 Å².